The van der Waals surface area contributed by atoms with Gasteiger partial charge in [-0.25, -0.2) is 9.59 Å². The lowest BCUT2D eigenvalue weighted by Crippen LogP contribution is -2.39. The van der Waals surface area contributed by atoms with Crippen LogP contribution < -0.4 is 0 Å². The van der Waals surface area contributed by atoms with Gasteiger partial charge in [0.1, 0.15) is 13.2 Å². The molecule has 1 aliphatic heterocycles. The van der Waals surface area contributed by atoms with E-state index in [0.29, 0.717) is 16.3 Å². The zero-order valence-corrected chi connectivity index (χ0v) is 20.3. The van der Waals surface area contributed by atoms with Gasteiger partial charge in [0.05, 0.1) is 22.4 Å². The van der Waals surface area contributed by atoms with Crippen LogP contribution in [0, 0.1) is 20.2 Å². The third kappa shape index (κ3) is 6.91. The number of benzene rings is 2. The van der Waals surface area contributed by atoms with E-state index in [1.807, 2.05) is 0 Å². The number of aliphatic imine (C=N–C) groups is 1. The molecule has 3 rings (SSSR count). The predicted octanol–water partition coefficient (Wildman–Crippen LogP) is 3.81. The van der Waals surface area contributed by atoms with Crippen LogP contribution in [0.2, 0.25) is 0 Å². The van der Waals surface area contributed by atoms with Crippen LogP contribution in [-0.4, -0.2) is 69.4 Å². The summed E-state index contributed by atoms with van der Waals surface area (Å²) < 4.78 is 10.6. The number of ether oxygens (including phenoxy) is 2. The van der Waals surface area contributed by atoms with Crippen LogP contribution in [0.3, 0.4) is 0 Å². The number of nitro benzene ring substituents is 2. The largest absolute Gasteiger partial charge is 0.445 e. The fourth-order valence-corrected chi connectivity index (χ4v) is 3.89. The number of nitrogens with zero attached hydrogens (tertiary/aromatic N) is 5. The van der Waals surface area contributed by atoms with Gasteiger partial charge in [0.15, 0.2) is 5.17 Å². The molecule has 0 bridgehead atoms. The lowest BCUT2D eigenvalue weighted by Gasteiger charge is -2.21. The molecule has 2 amide bonds. The van der Waals surface area contributed by atoms with Crippen molar-refractivity contribution < 1.29 is 28.9 Å². The molecule has 190 valence electrons. The molecule has 0 aliphatic carbocycles. The quantitative estimate of drug-likeness (QED) is 0.375. The fraction of sp³-hybridized carbons (Fsp3) is 0.318. The van der Waals surface area contributed by atoms with Crippen molar-refractivity contribution in [3.63, 3.8) is 0 Å². The molecule has 0 radical (unpaired) electrons. The van der Waals surface area contributed by atoms with E-state index < -0.39 is 28.1 Å². The summed E-state index contributed by atoms with van der Waals surface area (Å²) in [6, 6.07) is 11.0. The van der Waals surface area contributed by atoms with E-state index in [1.165, 1.54) is 70.1 Å². The number of nitro groups is 2. The van der Waals surface area contributed by atoms with E-state index >= 15 is 0 Å². The van der Waals surface area contributed by atoms with Gasteiger partial charge in [0, 0.05) is 37.9 Å². The molecule has 1 heterocycles. The smallest absolute Gasteiger partial charge is 0.416 e. The Hall–Kier alpha value is -4.20. The van der Waals surface area contributed by atoms with E-state index in [4.69, 9.17) is 9.47 Å². The fourth-order valence-electron chi connectivity index (χ4n) is 3.27. The molecule has 36 heavy (non-hydrogen) atoms. The molecular weight excluding hydrogens is 494 g/mol. The Labute approximate surface area is 210 Å². The number of thioether (sulfide) groups is 1. The number of amidine groups is 1. The topological polar surface area (TPSA) is 158 Å². The van der Waals surface area contributed by atoms with Crippen LogP contribution in [0.15, 0.2) is 53.5 Å². The van der Waals surface area contributed by atoms with Crippen molar-refractivity contribution in [3.05, 3.63) is 79.9 Å². The first-order valence-corrected chi connectivity index (χ1v) is 11.8. The Morgan fingerprint density at radius 2 is 1.50 bits per heavy atom. The highest BCUT2D eigenvalue weighted by Crippen LogP contribution is 2.20. The second kappa shape index (κ2) is 12.0. The van der Waals surface area contributed by atoms with Gasteiger partial charge in [-0.05, 0) is 41.6 Å². The normalized spacial score (nSPS) is 14.7. The number of hydrogen-bond acceptors (Lipinski definition) is 10. The Kier molecular flexibility index (Phi) is 8.78. The third-order valence-corrected chi connectivity index (χ3v) is 5.83. The standard InChI is InChI=1S/C22H23N5O8S/c1-24(21(28)34-13-15-3-7-18(8-4-15)26(30)31)11-17-12-25(20(23-17)36-2)22(29)35-14-16-5-9-19(10-6-16)27(32)33/h3-10,17H,11-14H2,1-2H3. The highest BCUT2D eigenvalue weighted by molar-refractivity contribution is 8.13. The number of likely N-dealkylation sites (N-methyl/N-ethyl adjacent to an activating group) is 1. The van der Waals surface area contributed by atoms with Crippen molar-refractivity contribution in [2.45, 2.75) is 19.3 Å². The first-order valence-electron chi connectivity index (χ1n) is 10.6. The second-order valence-corrected chi connectivity index (χ2v) is 8.49. The average molecular weight is 518 g/mol. The van der Waals surface area contributed by atoms with Gasteiger partial charge < -0.3 is 14.4 Å². The second-order valence-electron chi connectivity index (χ2n) is 7.72. The third-order valence-electron chi connectivity index (χ3n) is 5.14. The Morgan fingerprint density at radius 1 is 1.00 bits per heavy atom. The van der Waals surface area contributed by atoms with Gasteiger partial charge in [-0.1, -0.05) is 11.8 Å². The molecule has 1 aliphatic rings. The average Bonchev–Trinajstić information content (AvgIpc) is 3.29. The Morgan fingerprint density at radius 3 is 1.97 bits per heavy atom. The van der Waals surface area contributed by atoms with E-state index in [0.717, 1.165) is 0 Å². The summed E-state index contributed by atoms with van der Waals surface area (Å²) in [5, 5.41) is 21.9. The maximum absolute atomic E-state index is 12.6. The van der Waals surface area contributed by atoms with E-state index in [9.17, 15) is 29.8 Å². The summed E-state index contributed by atoms with van der Waals surface area (Å²) in [6.07, 6.45) is 0.542. The van der Waals surface area contributed by atoms with Crippen LogP contribution in [0.4, 0.5) is 21.0 Å². The monoisotopic (exact) mass is 517 g/mol. The van der Waals surface area contributed by atoms with Crippen LogP contribution in [0.25, 0.3) is 0 Å². The number of amides is 2. The maximum atomic E-state index is 12.6. The molecule has 0 aromatic heterocycles. The van der Waals surface area contributed by atoms with Gasteiger partial charge >= 0.3 is 12.2 Å². The van der Waals surface area contributed by atoms with Gasteiger partial charge in [0.25, 0.3) is 11.4 Å². The molecule has 0 fully saturated rings. The summed E-state index contributed by atoms with van der Waals surface area (Å²) in [5.41, 5.74) is 1.09. The molecule has 0 saturated heterocycles. The minimum absolute atomic E-state index is 0.0493. The van der Waals surface area contributed by atoms with Gasteiger partial charge in [-0.3, -0.25) is 30.1 Å². The minimum Gasteiger partial charge on any atom is -0.445 e. The molecule has 0 N–H and O–H groups in total. The molecule has 0 spiro atoms. The summed E-state index contributed by atoms with van der Waals surface area (Å²) in [7, 11) is 1.54. The molecule has 2 aromatic rings. The molecule has 14 heteroatoms. The number of non-ortho nitro benzene ring substituents is 2. The molecule has 1 unspecified atom stereocenters. The van der Waals surface area contributed by atoms with E-state index in [-0.39, 0.29) is 37.7 Å². The summed E-state index contributed by atoms with van der Waals surface area (Å²) in [5.74, 6) is 0. The lowest BCUT2D eigenvalue weighted by atomic mass is 10.2. The van der Waals surface area contributed by atoms with Crippen LogP contribution in [0.5, 0.6) is 0 Å². The van der Waals surface area contributed by atoms with E-state index in [2.05, 4.69) is 4.99 Å². The highest BCUT2D eigenvalue weighted by Gasteiger charge is 2.32. The number of hydrogen-bond donors (Lipinski definition) is 0. The molecule has 13 nitrogen and oxygen atoms in total. The SMILES string of the molecule is CSC1=NC(CN(C)C(=O)OCc2ccc([N+](=O)[O-])cc2)CN1C(=O)OCc1ccc([N+](=O)[O-])cc1. The van der Waals surface area contributed by atoms with Gasteiger partial charge in [0.2, 0.25) is 0 Å². The predicted molar refractivity (Wildman–Crippen MR) is 131 cm³/mol. The highest BCUT2D eigenvalue weighted by atomic mass is 32.2. The zero-order chi connectivity index (χ0) is 26.2. The summed E-state index contributed by atoms with van der Waals surface area (Å²) >= 11 is 1.26. The zero-order valence-electron chi connectivity index (χ0n) is 19.4. The lowest BCUT2D eigenvalue weighted by molar-refractivity contribution is -0.385. The van der Waals surface area contributed by atoms with E-state index in [1.54, 1.807) is 13.3 Å². The van der Waals surface area contributed by atoms with Gasteiger partial charge in [-0.2, -0.15) is 0 Å². The molecular formula is C22H23N5O8S. The number of carbonyl (C=O) groups is 2. The maximum Gasteiger partial charge on any atom is 0.416 e. The van der Waals surface area contributed by atoms with Crippen molar-refractivity contribution >= 4 is 40.5 Å². The van der Waals surface area contributed by atoms with Crippen molar-refractivity contribution in [1.29, 1.82) is 0 Å². The van der Waals surface area contributed by atoms with Crippen molar-refractivity contribution in [2.75, 3.05) is 26.4 Å². The summed E-state index contributed by atoms with van der Waals surface area (Å²) in [4.78, 5) is 52.6. The van der Waals surface area contributed by atoms with Crippen molar-refractivity contribution in [3.8, 4) is 0 Å². The first kappa shape index (κ1) is 26.4. The minimum atomic E-state index is -0.618. The molecule has 1 atom stereocenters. The van der Waals surface area contributed by atoms with Crippen molar-refractivity contribution in [2.24, 2.45) is 4.99 Å². The van der Waals surface area contributed by atoms with Crippen molar-refractivity contribution in [1.82, 2.24) is 9.80 Å². The van der Waals surface area contributed by atoms with Crippen LogP contribution in [-0.2, 0) is 22.7 Å². The Balaban J connectivity index is 1.48. The number of carbonyl (C=O) groups excluding carboxylic acids is 2. The van der Waals surface area contributed by atoms with Gasteiger partial charge in [-0.15, -0.1) is 0 Å². The molecule has 2 aromatic carbocycles. The Bertz CT molecular complexity index is 1160. The van der Waals surface area contributed by atoms with Crippen LogP contribution in [0.1, 0.15) is 11.1 Å². The summed E-state index contributed by atoms with van der Waals surface area (Å²) in [6.45, 7) is 0.283. The molecule has 0 saturated carbocycles. The number of rotatable bonds is 8. The first-order chi connectivity index (χ1) is 17.2. The van der Waals surface area contributed by atoms with Crippen LogP contribution >= 0.6 is 11.8 Å².